The molecule has 234 valence electrons. The number of alkyl halides is 7. The normalized spacial score (nSPS) is 19.3. The Morgan fingerprint density at radius 3 is 2.38 bits per heavy atom. The molecule has 1 saturated heterocycles. The number of hydrogen-bond donors (Lipinski definition) is 3. The molecule has 3 heterocycles. The summed E-state index contributed by atoms with van der Waals surface area (Å²) in [5, 5.41) is 14.8. The summed E-state index contributed by atoms with van der Waals surface area (Å²) in [7, 11) is 0. The van der Waals surface area contributed by atoms with Crippen molar-refractivity contribution in [3.63, 3.8) is 0 Å². The third kappa shape index (κ3) is 8.30. The maximum atomic E-state index is 13.8. The predicted octanol–water partition coefficient (Wildman–Crippen LogP) is 5.58. The van der Waals surface area contributed by atoms with Crippen LogP contribution in [0, 0.1) is 12.3 Å². The third-order valence-corrected chi connectivity index (χ3v) is 8.05. The van der Waals surface area contributed by atoms with E-state index in [0.29, 0.717) is 17.0 Å². The number of thiazole rings is 1. The summed E-state index contributed by atoms with van der Waals surface area (Å²) < 4.78 is 91.7. The van der Waals surface area contributed by atoms with Crippen LogP contribution in [0.3, 0.4) is 0 Å². The van der Waals surface area contributed by atoms with E-state index in [9.17, 15) is 45.4 Å². The van der Waals surface area contributed by atoms with Crippen LogP contribution in [-0.4, -0.2) is 75.7 Å². The van der Waals surface area contributed by atoms with Gasteiger partial charge in [-0.25, -0.2) is 27.5 Å². The summed E-state index contributed by atoms with van der Waals surface area (Å²) in [6, 6.07) is 0.715. The van der Waals surface area contributed by atoms with E-state index in [2.05, 4.69) is 20.6 Å². The molecule has 0 spiro atoms. The van der Waals surface area contributed by atoms with Crippen LogP contribution in [0.25, 0.3) is 10.4 Å². The highest BCUT2D eigenvalue weighted by Crippen LogP contribution is 2.57. The zero-order valence-electron chi connectivity index (χ0n) is 23.3. The molecule has 2 aliphatic rings. The number of nitrogens with one attached hydrogen (secondary N) is 2. The lowest BCUT2D eigenvalue weighted by atomic mass is 10.1. The molecular formula is C26H32F7N5O3S. The van der Waals surface area contributed by atoms with E-state index in [-0.39, 0.29) is 48.2 Å². The molecule has 2 amide bonds. The first-order valence-electron chi connectivity index (χ1n) is 12.9. The highest BCUT2D eigenvalue weighted by Gasteiger charge is 2.62. The number of nitrogens with zero attached hydrogens (tertiary/aromatic N) is 3. The Morgan fingerprint density at radius 1 is 1.29 bits per heavy atom. The van der Waals surface area contributed by atoms with Crippen molar-refractivity contribution >= 4 is 29.5 Å². The van der Waals surface area contributed by atoms with Crippen LogP contribution in [-0.2, 0) is 4.79 Å². The number of halogens is 7. The minimum atomic E-state index is -4.37. The molecule has 16 heteroatoms. The minimum Gasteiger partial charge on any atom is -0.389 e. The summed E-state index contributed by atoms with van der Waals surface area (Å²) >= 11 is 0.892. The molecule has 4 rings (SSSR count). The number of aliphatic hydroxyl groups is 1. The Morgan fingerprint density at radius 2 is 1.93 bits per heavy atom. The van der Waals surface area contributed by atoms with Gasteiger partial charge in [-0.05, 0) is 46.6 Å². The van der Waals surface area contributed by atoms with Crippen LogP contribution in [0.15, 0.2) is 12.3 Å². The molecule has 1 aliphatic carbocycles. The molecule has 42 heavy (non-hydrogen) atoms. The van der Waals surface area contributed by atoms with E-state index in [1.165, 1.54) is 13.8 Å². The molecular weight excluding hydrogens is 595 g/mol. The maximum Gasteiger partial charge on any atom is 0.396 e. The average molecular weight is 628 g/mol. The number of likely N-dealkylation sites (tertiary alicyclic amines) is 1. The zero-order chi connectivity index (χ0) is 31.7. The van der Waals surface area contributed by atoms with Crippen molar-refractivity contribution in [3.05, 3.63) is 28.5 Å². The number of amides is 2. The van der Waals surface area contributed by atoms with Gasteiger partial charge in [0.1, 0.15) is 5.82 Å². The number of aryl methyl sites for hydroxylation is 1. The number of aromatic nitrogens is 2. The van der Waals surface area contributed by atoms with Crippen molar-refractivity contribution in [2.75, 3.05) is 25.0 Å². The van der Waals surface area contributed by atoms with Gasteiger partial charge in [0.25, 0.3) is 18.3 Å². The van der Waals surface area contributed by atoms with E-state index >= 15 is 0 Å². The van der Waals surface area contributed by atoms with Crippen LogP contribution < -0.4 is 10.6 Å². The smallest absolute Gasteiger partial charge is 0.389 e. The summed E-state index contributed by atoms with van der Waals surface area (Å²) in [4.78, 5) is 32.0. The van der Waals surface area contributed by atoms with Gasteiger partial charge in [0.15, 0.2) is 5.01 Å². The van der Waals surface area contributed by atoms with E-state index in [1.807, 2.05) is 0 Å². The second kappa shape index (κ2) is 12.3. The Bertz CT molecular complexity index is 1280. The molecule has 2 fully saturated rings. The van der Waals surface area contributed by atoms with Gasteiger partial charge >= 0.3 is 6.18 Å². The molecule has 2 aromatic heterocycles. The lowest BCUT2D eigenvalue weighted by Crippen LogP contribution is -2.38. The van der Waals surface area contributed by atoms with Crippen molar-refractivity contribution < 1.29 is 45.4 Å². The number of rotatable bonds is 9. The lowest BCUT2D eigenvalue weighted by Gasteiger charge is -2.20. The SMILES string of the molecule is CC1CC(F)(F)CN1C=O.Cc1nc(C(=O)NCC(C)(C)O)sc1-c1cnc(NCC2(C(F)(F)F)CC2)cc1C(F)F. The van der Waals surface area contributed by atoms with Crippen LogP contribution in [0.2, 0.25) is 0 Å². The van der Waals surface area contributed by atoms with Gasteiger partial charge in [-0.1, -0.05) is 0 Å². The van der Waals surface area contributed by atoms with E-state index < -0.39 is 54.1 Å². The number of hydrogen-bond acceptors (Lipinski definition) is 7. The maximum absolute atomic E-state index is 13.8. The topological polar surface area (TPSA) is 107 Å². The fourth-order valence-electron chi connectivity index (χ4n) is 4.20. The molecule has 0 radical (unpaired) electrons. The first-order valence-corrected chi connectivity index (χ1v) is 13.7. The van der Waals surface area contributed by atoms with E-state index in [1.54, 1.807) is 13.8 Å². The molecule has 8 nitrogen and oxygen atoms in total. The average Bonchev–Trinajstić information content (AvgIpc) is 3.51. The molecule has 3 N–H and O–H groups in total. The van der Waals surface area contributed by atoms with Gasteiger partial charge in [0.05, 0.1) is 28.1 Å². The molecule has 1 atom stereocenters. The van der Waals surface area contributed by atoms with Gasteiger partial charge in [0, 0.05) is 42.9 Å². The highest BCUT2D eigenvalue weighted by atomic mass is 32.1. The second-order valence-electron chi connectivity index (χ2n) is 11.2. The molecule has 1 aliphatic heterocycles. The Balaban J connectivity index is 0.000000408. The molecule has 2 aromatic rings. The van der Waals surface area contributed by atoms with Crippen LogP contribution in [0.4, 0.5) is 36.6 Å². The first kappa shape index (κ1) is 33.5. The quantitative estimate of drug-likeness (QED) is 0.248. The number of carbonyl (C=O) groups excluding carboxylic acids is 2. The number of pyridine rings is 1. The van der Waals surface area contributed by atoms with Gasteiger partial charge < -0.3 is 20.6 Å². The van der Waals surface area contributed by atoms with Crippen molar-refractivity contribution in [2.24, 2.45) is 5.41 Å². The molecule has 1 unspecified atom stereocenters. The minimum absolute atomic E-state index is 0.0122. The van der Waals surface area contributed by atoms with Gasteiger partial charge in [-0.2, -0.15) is 13.2 Å². The number of anilines is 1. The largest absolute Gasteiger partial charge is 0.396 e. The van der Waals surface area contributed by atoms with Crippen molar-refractivity contribution in [3.8, 4) is 10.4 Å². The lowest BCUT2D eigenvalue weighted by molar-refractivity contribution is -0.182. The summed E-state index contributed by atoms with van der Waals surface area (Å²) in [5.41, 5.74) is -3.00. The molecule has 0 bridgehead atoms. The van der Waals surface area contributed by atoms with E-state index in [4.69, 9.17) is 0 Å². The Labute approximate surface area is 241 Å². The zero-order valence-corrected chi connectivity index (χ0v) is 24.1. The second-order valence-corrected chi connectivity index (χ2v) is 12.2. The standard InChI is InChI=1S/C20H23F5N4O2S.C6H9F2NO/c1-10-14(32-17(29-10)16(30)28-8-18(2,3)31)12-7-26-13(6-11(12)15(21)22)27-9-19(4-5-19)20(23,24)25;1-5-2-6(7,8)3-9(5)4-10/h6-7,15,31H,4-5,8-9H2,1-3H3,(H,26,27)(H,28,30);4-5H,2-3H2,1H3. The first-order chi connectivity index (χ1) is 19.3. The fourth-order valence-corrected chi connectivity index (χ4v) is 5.22. The fraction of sp³-hybridized carbons (Fsp3) is 0.615. The van der Waals surface area contributed by atoms with Crippen LogP contribution >= 0.6 is 11.3 Å². The monoisotopic (exact) mass is 627 g/mol. The van der Waals surface area contributed by atoms with Crippen molar-refractivity contribution in [2.45, 2.75) is 77.1 Å². The predicted molar refractivity (Wildman–Crippen MR) is 142 cm³/mol. The highest BCUT2D eigenvalue weighted by molar-refractivity contribution is 7.17. The van der Waals surface area contributed by atoms with Gasteiger partial charge in [-0.15, -0.1) is 11.3 Å². The molecule has 1 saturated carbocycles. The van der Waals surface area contributed by atoms with Gasteiger partial charge in [-0.3, -0.25) is 9.59 Å². The number of carbonyl (C=O) groups is 2. The Kier molecular flexibility index (Phi) is 9.81. The van der Waals surface area contributed by atoms with Crippen LogP contribution in [0.1, 0.15) is 67.5 Å². The van der Waals surface area contributed by atoms with Crippen molar-refractivity contribution in [1.29, 1.82) is 0 Å². The summed E-state index contributed by atoms with van der Waals surface area (Å²) in [6.07, 6.45) is -5.88. The molecule has 0 aromatic carbocycles. The third-order valence-electron chi connectivity index (χ3n) is 6.86. The summed E-state index contributed by atoms with van der Waals surface area (Å²) in [6.45, 7) is 5.33. The van der Waals surface area contributed by atoms with E-state index in [0.717, 1.165) is 28.5 Å². The van der Waals surface area contributed by atoms with Gasteiger partial charge in [0.2, 0.25) is 6.41 Å². The summed E-state index contributed by atoms with van der Waals surface area (Å²) in [5.74, 6) is -3.30. The van der Waals surface area contributed by atoms with Crippen molar-refractivity contribution in [1.82, 2.24) is 20.2 Å². The Hall–Kier alpha value is -3.01. The van der Waals surface area contributed by atoms with Crippen LogP contribution in [0.5, 0.6) is 0 Å².